The van der Waals surface area contributed by atoms with Gasteiger partial charge in [0.15, 0.2) is 0 Å². The van der Waals surface area contributed by atoms with Gasteiger partial charge in [-0.2, -0.15) is 11.8 Å². The van der Waals surface area contributed by atoms with Gasteiger partial charge >= 0.3 is 0 Å². The number of benzene rings is 1. The summed E-state index contributed by atoms with van der Waals surface area (Å²) in [6.07, 6.45) is 0. The molecule has 2 rings (SSSR count). The topological polar surface area (TPSA) is 75.4 Å². The lowest BCUT2D eigenvalue weighted by Crippen LogP contribution is -2.46. The van der Waals surface area contributed by atoms with Crippen LogP contribution in [0.25, 0.3) is 0 Å². The third kappa shape index (κ3) is 5.05. The summed E-state index contributed by atoms with van der Waals surface area (Å²) >= 11 is 7.72. The van der Waals surface area contributed by atoms with Crippen molar-refractivity contribution in [3.63, 3.8) is 0 Å². The van der Waals surface area contributed by atoms with Crippen LogP contribution in [-0.2, 0) is 9.59 Å². The molecule has 1 aliphatic rings. The maximum atomic E-state index is 12.3. The van der Waals surface area contributed by atoms with Crippen LogP contribution in [0.15, 0.2) is 24.3 Å². The SMILES string of the molecule is Cl.NCC(=O)NCC(=O)N1CCSCC1c1ccc(Cl)cc1. The Hall–Kier alpha value is -0.950. The Balaban J connectivity index is 0.00000242. The normalized spacial score (nSPS) is 17.5. The minimum atomic E-state index is -0.322. The third-order valence-electron chi connectivity index (χ3n) is 3.33. The molecule has 8 heteroatoms. The van der Waals surface area contributed by atoms with E-state index >= 15 is 0 Å². The van der Waals surface area contributed by atoms with E-state index in [2.05, 4.69) is 5.32 Å². The van der Waals surface area contributed by atoms with Crippen molar-refractivity contribution in [3.05, 3.63) is 34.9 Å². The Morgan fingerprint density at radius 1 is 1.36 bits per heavy atom. The fourth-order valence-electron chi connectivity index (χ4n) is 2.21. The summed E-state index contributed by atoms with van der Waals surface area (Å²) in [6, 6.07) is 7.56. The number of nitrogens with two attached hydrogens (primary N) is 1. The molecule has 22 heavy (non-hydrogen) atoms. The van der Waals surface area contributed by atoms with Crippen LogP contribution in [0.1, 0.15) is 11.6 Å². The highest BCUT2D eigenvalue weighted by Gasteiger charge is 2.28. The molecule has 0 radical (unpaired) electrons. The number of hydrogen-bond acceptors (Lipinski definition) is 4. The van der Waals surface area contributed by atoms with Crippen molar-refractivity contribution in [1.82, 2.24) is 10.2 Å². The molecule has 1 atom stereocenters. The van der Waals surface area contributed by atoms with Crippen LogP contribution in [0.4, 0.5) is 0 Å². The highest BCUT2D eigenvalue weighted by Crippen LogP contribution is 2.30. The van der Waals surface area contributed by atoms with Gasteiger partial charge in [0, 0.05) is 23.1 Å². The summed E-state index contributed by atoms with van der Waals surface area (Å²) in [5.41, 5.74) is 6.28. The zero-order valence-corrected chi connectivity index (χ0v) is 14.3. The van der Waals surface area contributed by atoms with Crippen molar-refractivity contribution in [3.8, 4) is 0 Å². The molecule has 1 fully saturated rings. The van der Waals surface area contributed by atoms with Crippen molar-refractivity contribution in [2.45, 2.75) is 6.04 Å². The van der Waals surface area contributed by atoms with Gasteiger partial charge in [0.25, 0.3) is 0 Å². The van der Waals surface area contributed by atoms with E-state index in [4.69, 9.17) is 17.3 Å². The molecule has 0 spiro atoms. The molecule has 2 amide bonds. The van der Waals surface area contributed by atoms with Gasteiger partial charge in [-0.3, -0.25) is 9.59 Å². The molecule has 1 aliphatic heterocycles. The Bertz CT molecular complexity index is 513. The fraction of sp³-hybridized carbons (Fsp3) is 0.429. The largest absolute Gasteiger partial charge is 0.346 e. The molecule has 1 aromatic rings. The van der Waals surface area contributed by atoms with Gasteiger partial charge < -0.3 is 16.0 Å². The van der Waals surface area contributed by atoms with Gasteiger partial charge in [0.05, 0.1) is 19.1 Å². The van der Waals surface area contributed by atoms with Crippen molar-refractivity contribution < 1.29 is 9.59 Å². The summed E-state index contributed by atoms with van der Waals surface area (Å²) in [7, 11) is 0. The lowest BCUT2D eigenvalue weighted by Gasteiger charge is -2.36. The smallest absolute Gasteiger partial charge is 0.242 e. The van der Waals surface area contributed by atoms with E-state index in [1.165, 1.54) is 0 Å². The molecule has 0 saturated carbocycles. The Morgan fingerprint density at radius 3 is 2.68 bits per heavy atom. The van der Waals surface area contributed by atoms with Crippen LogP contribution >= 0.6 is 35.8 Å². The average molecular weight is 364 g/mol. The number of nitrogens with one attached hydrogen (secondary N) is 1. The quantitative estimate of drug-likeness (QED) is 0.848. The predicted octanol–water partition coefficient (Wildman–Crippen LogP) is 1.45. The van der Waals surface area contributed by atoms with Gasteiger partial charge in [-0.1, -0.05) is 23.7 Å². The van der Waals surface area contributed by atoms with E-state index in [9.17, 15) is 9.59 Å². The van der Waals surface area contributed by atoms with Gasteiger partial charge in [-0.05, 0) is 17.7 Å². The Morgan fingerprint density at radius 2 is 2.05 bits per heavy atom. The molecular weight excluding hydrogens is 345 g/mol. The molecule has 1 heterocycles. The van der Waals surface area contributed by atoms with E-state index in [1.807, 2.05) is 40.9 Å². The molecule has 0 aliphatic carbocycles. The molecule has 122 valence electrons. The molecule has 1 unspecified atom stereocenters. The van der Waals surface area contributed by atoms with Crippen LogP contribution in [0, 0.1) is 0 Å². The van der Waals surface area contributed by atoms with Crippen molar-refractivity contribution in [1.29, 1.82) is 0 Å². The monoisotopic (exact) mass is 363 g/mol. The number of amides is 2. The number of carbonyl (C=O) groups excluding carboxylic acids is 2. The molecular formula is C14H19Cl2N3O2S. The van der Waals surface area contributed by atoms with E-state index in [1.54, 1.807) is 0 Å². The average Bonchev–Trinajstić information content (AvgIpc) is 2.53. The van der Waals surface area contributed by atoms with Crippen LogP contribution < -0.4 is 11.1 Å². The second kappa shape index (κ2) is 9.25. The highest BCUT2D eigenvalue weighted by atomic mass is 35.5. The molecule has 1 aromatic carbocycles. The Kier molecular flexibility index (Phi) is 8.03. The number of nitrogens with zero attached hydrogens (tertiary/aromatic N) is 1. The van der Waals surface area contributed by atoms with Crippen LogP contribution in [-0.4, -0.2) is 47.9 Å². The van der Waals surface area contributed by atoms with Gasteiger partial charge in [-0.25, -0.2) is 0 Å². The minimum Gasteiger partial charge on any atom is -0.346 e. The summed E-state index contributed by atoms with van der Waals surface area (Å²) in [6.45, 7) is 0.559. The molecule has 0 bridgehead atoms. The molecule has 3 N–H and O–H groups in total. The first kappa shape index (κ1) is 19.1. The zero-order valence-electron chi connectivity index (χ0n) is 12.0. The van der Waals surface area contributed by atoms with Gasteiger partial charge in [-0.15, -0.1) is 12.4 Å². The number of thioether (sulfide) groups is 1. The minimum absolute atomic E-state index is 0. The van der Waals surface area contributed by atoms with E-state index in [0.29, 0.717) is 11.6 Å². The number of carbonyl (C=O) groups is 2. The van der Waals surface area contributed by atoms with Crippen molar-refractivity contribution in [2.24, 2.45) is 5.73 Å². The van der Waals surface area contributed by atoms with E-state index < -0.39 is 0 Å². The second-order valence-corrected chi connectivity index (χ2v) is 6.30. The maximum Gasteiger partial charge on any atom is 0.242 e. The lowest BCUT2D eigenvalue weighted by molar-refractivity contribution is -0.134. The van der Waals surface area contributed by atoms with Crippen LogP contribution in [0.2, 0.25) is 5.02 Å². The zero-order chi connectivity index (χ0) is 15.2. The van der Waals surface area contributed by atoms with E-state index in [-0.39, 0.29) is 43.4 Å². The number of hydrogen-bond donors (Lipinski definition) is 2. The van der Waals surface area contributed by atoms with E-state index in [0.717, 1.165) is 17.1 Å². The lowest BCUT2D eigenvalue weighted by atomic mass is 10.1. The number of rotatable bonds is 4. The Labute approximate surface area is 145 Å². The number of halogens is 2. The first-order chi connectivity index (χ1) is 10.1. The van der Waals surface area contributed by atoms with Crippen molar-refractivity contribution >= 4 is 47.6 Å². The third-order valence-corrected chi connectivity index (χ3v) is 4.60. The molecule has 5 nitrogen and oxygen atoms in total. The first-order valence-electron chi connectivity index (χ1n) is 6.71. The summed E-state index contributed by atoms with van der Waals surface area (Å²) < 4.78 is 0. The first-order valence-corrected chi connectivity index (χ1v) is 8.24. The maximum absolute atomic E-state index is 12.3. The summed E-state index contributed by atoms with van der Waals surface area (Å²) in [4.78, 5) is 25.3. The van der Waals surface area contributed by atoms with Crippen LogP contribution in [0.5, 0.6) is 0 Å². The fourth-order valence-corrected chi connectivity index (χ4v) is 3.43. The van der Waals surface area contributed by atoms with Crippen LogP contribution in [0.3, 0.4) is 0 Å². The summed E-state index contributed by atoms with van der Waals surface area (Å²) in [5, 5.41) is 3.20. The second-order valence-electron chi connectivity index (χ2n) is 4.71. The molecule has 1 saturated heterocycles. The standard InChI is InChI=1S/C14H18ClN3O2S.ClH/c15-11-3-1-10(2-4-11)12-9-21-6-5-18(12)14(20)8-17-13(19)7-16;/h1-4,12H,5-9,16H2,(H,17,19);1H. The summed E-state index contributed by atoms with van der Waals surface area (Å²) in [5.74, 6) is 1.34. The van der Waals surface area contributed by atoms with Crippen molar-refractivity contribution in [2.75, 3.05) is 31.1 Å². The van der Waals surface area contributed by atoms with Gasteiger partial charge in [0.2, 0.25) is 11.8 Å². The molecule has 0 aromatic heterocycles. The van der Waals surface area contributed by atoms with Gasteiger partial charge in [0.1, 0.15) is 0 Å². The highest BCUT2D eigenvalue weighted by molar-refractivity contribution is 7.99. The predicted molar refractivity (Wildman–Crippen MR) is 92.5 cm³/mol.